The van der Waals surface area contributed by atoms with Gasteiger partial charge in [0.25, 0.3) is 0 Å². The summed E-state index contributed by atoms with van der Waals surface area (Å²) in [5.41, 5.74) is 7.51. The molecule has 2 aromatic carbocycles. The van der Waals surface area contributed by atoms with Crippen LogP contribution in [0.2, 0.25) is 0 Å². The number of nitrogens with two attached hydrogens (primary N) is 1. The summed E-state index contributed by atoms with van der Waals surface area (Å²) in [5, 5.41) is 14.2. The third-order valence-corrected chi connectivity index (χ3v) is 3.83. The highest BCUT2D eigenvalue weighted by molar-refractivity contribution is 5.53. The van der Waals surface area contributed by atoms with E-state index >= 15 is 0 Å². The fraction of sp³-hybridized carbons (Fsp3) is 0.111. The van der Waals surface area contributed by atoms with Gasteiger partial charge in [0.2, 0.25) is 11.9 Å². The summed E-state index contributed by atoms with van der Waals surface area (Å²) in [7, 11) is 0. The van der Waals surface area contributed by atoms with E-state index in [1.165, 1.54) is 6.33 Å². The largest absolute Gasteiger partial charge is 0.483 e. The number of tetrazole rings is 1. The van der Waals surface area contributed by atoms with Crippen LogP contribution in [0, 0.1) is 0 Å². The second-order valence-corrected chi connectivity index (χ2v) is 5.87. The lowest BCUT2D eigenvalue weighted by molar-refractivity contribution is 0.216. The van der Waals surface area contributed by atoms with Gasteiger partial charge >= 0.3 is 0 Å². The van der Waals surface area contributed by atoms with E-state index in [0.29, 0.717) is 17.5 Å². The Labute approximate surface area is 160 Å². The summed E-state index contributed by atoms with van der Waals surface area (Å²) in [6.07, 6.45) is 1.09. The molecule has 3 N–H and O–H groups in total. The Morgan fingerprint density at radius 3 is 2.50 bits per heavy atom. The molecule has 28 heavy (non-hydrogen) atoms. The van der Waals surface area contributed by atoms with Crippen LogP contribution in [-0.2, 0) is 0 Å². The molecule has 0 fully saturated rings. The highest BCUT2D eigenvalue weighted by Gasteiger charge is 2.14. The minimum atomic E-state index is -0.430. The van der Waals surface area contributed by atoms with E-state index in [0.717, 1.165) is 11.4 Å². The van der Waals surface area contributed by atoms with Crippen LogP contribution < -0.4 is 15.8 Å². The Bertz CT molecular complexity index is 1040. The molecule has 2 aromatic heterocycles. The fourth-order valence-corrected chi connectivity index (χ4v) is 2.51. The summed E-state index contributed by atoms with van der Waals surface area (Å²) in [4.78, 5) is 12.7. The summed E-state index contributed by atoms with van der Waals surface area (Å²) >= 11 is 0. The van der Waals surface area contributed by atoms with Gasteiger partial charge < -0.3 is 15.8 Å². The van der Waals surface area contributed by atoms with E-state index in [1.807, 2.05) is 61.5 Å². The molecule has 10 heteroatoms. The number of ether oxygens (including phenoxy) is 1. The van der Waals surface area contributed by atoms with Crippen molar-refractivity contribution in [1.82, 2.24) is 35.2 Å². The average Bonchev–Trinajstić information content (AvgIpc) is 3.24. The lowest BCUT2D eigenvalue weighted by Gasteiger charge is -2.15. The van der Waals surface area contributed by atoms with Gasteiger partial charge in [0, 0.05) is 5.69 Å². The van der Waals surface area contributed by atoms with Crippen molar-refractivity contribution in [3.63, 3.8) is 0 Å². The molecule has 0 aliphatic carbocycles. The van der Waals surface area contributed by atoms with Crippen LogP contribution in [0.15, 0.2) is 60.9 Å². The maximum absolute atomic E-state index is 5.94. The Kier molecular flexibility index (Phi) is 4.74. The molecule has 2 heterocycles. The number of anilines is 3. The molecule has 1 atom stereocenters. The van der Waals surface area contributed by atoms with Crippen molar-refractivity contribution < 1.29 is 4.74 Å². The molecule has 0 radical (unpaired) electrons. The number of benzene rings is 2. The first-order chi connectivity index (χ1) is 13.7. The van der Waals surface area contributed by atoms with Gasteiger partial charge in [0.15, 0.2) is 11.9 Å². The number of hydrogen-bond donors (Lipinski definition) is 2. The van der Waals surface area contributed by atoms with Gasteiger partial charge in [-0.1, -0.05) is 18.2 Å². The minimum absolute atomic E-state index is 0.118. The van der Waals surface area contributed by atoms with Crippen LogP contribution in [0.1, 0.15) is 18.9 Å². The fourth-order valence-electron chi connectivity index (χ4n) is 2.51. The highest BCUT2D eigenvalue weighted by Crippen LogP contribution is 2.22. The predicted octanol–water partition coefficient (Wildman–Crippen LogP) is 2.31. The Morgan fingerprint density at radius 2 is 1.79 bits per heavy atom. The van der Waals surface area contributed by atoms with Gasteiger partial charge in [-0.15, -0.1) is 5.10 Å². The smallest absolute Gasteiger partial charge is 0.232 e. The number of hydrogen-bond acceptors (Lipinski definition) is 9. The Balaban J connectivity index is 1.49. The maximum Gasteiger partial charge on any atom is 0.232 e. The van der Waals surface area contributed by atoms with Crippen LogP contribution in [0.25, 0.3) is 5.69 Å². The van der Waals surface area contributed by atoms with E-state index in [4.69, 9.17) is 10.5 Å². The zero-order valence-corrected chi connectivity index (χ0v) is 15.0. The van der Waals surface area contributed by atoms with Crippen LogP contribution in [0.5, 0.6) is 5.75 Å². The normalized spacial score (nSPS) is 11.8. The van der Waals surface area contributed by atoms with Crippen LogP contribution >= 0.6 is 0 Å². The summed E-state index contributed by atoms with van der Waals surface area (Å²) in [6, 6.07) is 16.9. The third-order valence-electron chi connectivity index (χ3n) is 3.83. The minimum Gasteiger partial charge on any atom is -0.483 e. The van der Waals surface area contributed by atoms with Gasteiger partial charge in [-0.3, -0.25) is 0 Å². The third kappa shape index (κ3) is 4.01. The second kappa shape index (κ2) is 7.66. The number of nitrogens with one attached hydrogen (secondary N) is 1. The number of nitrogen functional groups attached to an aromatic ring is 1. The Morgan fingerprint density at radius 1 is 1.00 bits per heavy atom. The predicted molar refractivity (Wildman–Crippen MR) is 102 cm³/mol. The van der Waals surface area contributed by atoms with Crippen molar-refractivity contribution >= 4 is 17.6 Å². The zero-order valence-electron chi connectivity index (χ0n) is 15.0. The molecule has 0 amide bonds. The first-order valence-electron chi connectivity index (χ1n) is 8.51. The monoisotopic (exact) mass is 375 g/mol. The first kappa shape index (κ1) is 17.3. The number of aromatic nitrogens is 7. The molecule has 0 saturated heterocycles. The van der Waals surface area contributed by atoms with Gasteiger partial charge in [-0.2, -0.15) is 15.0 Å². The SMILES string of the molecule is CC(Oc1ccc(-n2cnnn2)cc1)c1nc(N)nc(Nc2ccccc2)n1. The number of rotatable bonds is 6. The van der Waals surface area contributed by atoms with Crippen LogP contribution in [0.3, 0.4) is 0 Å². The first-order valence-corrected chi connectivity index (χ1v) is 8.51. The molecule has 4 aromatic rings. The molecule has 140 valence electrons. The molecule has 0 saturated carbocycles. The van der Waals surface area contributed by atoms with Crippen molar-refractivity contribution in [3.8, 4) is 11.4 Å². The van der Waals surface area contributed by atoms with E-state index in [-0.39, 0.29) is 5.95 Å². The van der Waals surface area contributed by atoms with Crippen molar-refractivity contribution in [3.05, 3.63) is 66.7 Å². The molecule has 0 aliphatic heterocycles. The van der Waals surface area contributed by atoms with Crippen LogP contribution in [-0.4, -0.2) is 35.2 Å². The quantitative estimate of drug-likeness (QED) is 0.521. The van der Waals surface area contributed by atoms with Crippen molar-refractivity contribution in [2.75, 3.05) is 11.1 Å². The molecular formula is C18H17N9O. The average molecular weight is 375 g/mol. The van der Waals surface area contributed by atoms with Gasteiger partial charge in [-0.05, 0) is 53.7 Å². The zero-order chi connectivity index (χ0) is 19.3. The van der Waals surface area contributed by atoms with E-state index in [1.54, 1.807) is 4.68 Å². The summed E-state index contributed by atoms with van der Waals surface area (Å²) in [5.74, 6) is 1.56. The van der Waals surface area contributed by atoms with E-state index < -0.39 is 6.10 Å². The van der Waals surface area contributed by atoms with Crippen molar-refractivity contribution in [2.45, 2.75) is 13.0 Å². The van der Waals surface area contributed by atoms with E-state index in [2.05, 4.69) is 35.8 Å². The highest BCUT2D eigenvalue weighted by atomic mass is 16.5. The number of para-hydroxylation sites is 1. The topological polar surface area (TPSA) is 130 Å². The van der Waals surface area contributed by atoms with E-state index in [9.17, 15) is 0 Å². The van der Waals surface area contributed by atoms with Crippen LogP contribution in [0.4, 0.5) is 17.6 Å². The van der Waals surface area contributed by atoms with Gasteiger partial charge in [-0.25, -0.2) is 4.68 Å². The molecule has 0 spiro atoms. The summed E-state index contributed by atoms with van der Waals surface area (Å²) in [6.45, 7) is 1.84. The lowest BCUT2D eigenvalue weighted by Crippen LogP contribution is -2.13. The maximum atomic E-state index is 5.94. The van der Waals surface area contributed by atoms with Crippen molar-refractivity contribution in [1.29, 1.82) is 0 Å². The molecule has 1 unspecified atom stereocenters. The Hall–Kier alpha value is -4.08. The lowest BCUT2D eigenvalue weighted by atomic mass is 10.3. The molecule has 0 aliphatic rings. The second-order valence-electron chi connectivity index (χ2n) is 5.87. The standard InChI is InChI=1S/C18H17N9O/c1-12(28-15-9-7-14(8-10-15)27-11-20-25-26-27)16-22-17(19)24-18(23-16)21-13-5-3-2-4-6-13/h2-12H,1H3,(H3,19,21,22,23,24). The van der Waals surface area contributed by atoms with Gasteiger partial charge in [0.1, 0.15) is 12.1 Å². The molecular weight excluding hydrogens is 358 g/mol. The molecule has 0 bridgehead atoms. The van der Waals surface area contributed by atoms with Gasteiger partial charge in [0.05, 0.1) is 5.69 Å². The molecule has 4 rings (SSSR count). The molecule has 10 nitrogen and oxygen atoms in total. The number of nitrogens with zero attached hydrogens (tertiary/aromatic N) is 7. The summed E-state index contributed by atoms with van der Waals surface area (Å²) < 4.78 is 7.49. The van der Waals surface area contributed by atoms with Crippen molar-refractivity contribution in [2.24, 2.45) is 0 Å².